The molecule has 0 unspecified atom stereocenters. The number of amides is 1. The summed E-state index contributed by atoms with van der Waals surface area (Å²) in [5.74, 6) is -0.887. The number of rotatable bonds is 3. The Kier molecular flexibility index (Phi) is 5.18. The summed E-state index contributed by atoms with van der Waals surface area (Å²) in [6, 6.07) is 7.17. The number of carbonyl (C=O) groups excluding carboxylic acids is 2. The molecule has 0 bridgehead atoms. The van der Waals surface area contributed by atoms with Crippen LogP contribution in [0, 0.1) is 13.8 Å². The molecule has 3 rings (SSSR count). The molecule has 1 aromatic heterocycles. The van der Waals surface area contributed by atoms with E-state index in [0.717, 1.165) is 22.6 Å². The second kappa shape index (κ2) is 7.25. The minimum Gasteiger partial charge on any atom is -0.465 e. The van der Waals surface area contributed by atoms with Crippen molar-refractivity contribution in [3.05, 3.63) is 68.1 Å². The number of allylic oxidation sites excluding steroid dienone is 1. The average Bonchev–Trinajstić information content (AvgIpc) is 3.05. The number of aryl methyl sites for hydroxylation is 1. The minimum absolute atomic E-state index is 0.244. The normalized spacial score (nSPS) is 15.5. The van der Waals surface area contributed by atoms with E-state index in [2.05, 4.69) is 5.32 Å². The molecule has 0 aliphatic carbocycles. The second-order valence-electron chi connectivity index (χ2n) is 6.26. The van der Waals surface area contributed by atoms with E-state index in [1.165, 1.54) is 7.11 Å². The summed E-state index contributed by atoms with van der Waals surface area (Å²) in [4.78, 5) is 24.4. The Hall–Kier alpha value is -2.50. The first kappa shape index (κ1) is 19.3. The zero-order valence-electron chi connectivity index (χ0n) is 15.3. The molecular formula is C20H18Cl2N2O3. The summed E-state index contributed by atoms with van der Waals surface area (Å²) >= 11 is 12.5. The molecule has 5 nitrogen and oxygen atoms in total. The number of halogens is 2. The van der Waals surface area contributed by atoms with Gasteiger partial charge in [0.1, 0.15) is 0 Å². The summed E-state index contributed by atoms with van der Waals surface area (Å²) < 4.78 is 6.77. The summed E-state index contributed by atoms with van der Waals surface area (Å²) in [6.45, 7) is 5.52. The molecule has 1 aromatic carbocycles. The van der Waals surface area contributed by atoms with Crippen molar-refractivity contribution in [2.24, 2.45) is 0 Å². The van der Waals surface area contributed by atoms with Gasteiger partial charge in [0.25, 0.3) is 5.91 Å². The van der Waals surface area contributed by atoms with Crippen molar-refractivity contribution in [2.75, 3.05) is 7.11 Å². The third-order valence-electron chi connectivity index (χ3n) is 4.50. The van der Waals surface area contributed by atoms with E-state index in [0.29, 0.717) is 15.7 Å². The predicted octanol–water partition coefficient (Wildman–Crippen LogP) is 4.36. The summed E-state index contributed by atoms with van der Waals surface area (Å²) in [6.07, 6.45) is 1.69. The van der Waals surface area contributed by atoms with Crippen LogP contribution < -0.4 is 5.32 Å². The van der Waals surface area contributed by atoms with Gasteiger partial charge in [0, 0.05) is 22.1 Å². The second-order valence-corrected chi connectivity index (χ2v) is 7.10. The van der Waals surface area contributed by atoms with Crippen LogP contribution in [0.3, 0.4) is 0 Å². The average molecular weight is 405 g/mol. The van der Waals surface area contributed by atoms with Crippen molar-refractivity contribution in [3.63, 3.8) is 0 Å². The molecule has 1 amide bonds. The van der Waals surface area contributed by atoms with Crippen molar-refractivity contribution >= 4 is 41.2 Å². The highest BCUT2D eigenvalue weighted by Crippen LogP contribution is 2.31. The van der Waals surface area contributed by atoms with E-state index in [-0.39, 0.29) is 17.1 Å². The van der Waals surface area contributed by atoms with Gasteiger partial charge in [-0.2, -0.15) is 0 Å². The summed E-state index contributed by atoms with van der Waals surface area (Å²) in [7, 11) is 1.29. The zero-order chi connectivity index (χ0) is 19.9. The molecule has 0 spiro atoms. The van der Waals surface area contributed by atoms with Crippen molar-refractivity contribution < 1.29 is 14.3 Å². The fourth-order valence-electron chi connectivity index (χ4n) is 3.24. The van der Waals surface area contributed by atoms with Gasteiger partial charge in [0.05, 0.1) is 29.0 Å². The van der Waals surface area contributed by atoms with Gasteiger partial charge in [-0.15, -0.1) is 0 Å². The molecule has 0 atom stereocenters. The molecule has 0 fully saturated rings. The first-order valence-corrected chi connectivity index (χ1v) is 8.97. The van der Waals surface area contributed by atoms with Crippen LogP contribution in [0.4, 0.5) is 0 Å². The first-order valence-electron chi connectivity index (χ1n) is 8.21. The number of nitrogens with zero attached hydrogens (tertiary/aromatic N) is 1. The molecule has 2 heterocycles. The van der Waals surface area contributed by atoms with Crippen molar-refractivity contribution in [2.45, 2.75) is 20.8 Å². The Balaban J connectivity index is 2.15. The number of nitrogens with one attached hydrogen (secondary N) is 1. The van der Waals surface area contributed by atoms with Crippen LogP contribution >= 0.6 is 23.2 Å². The zero-order valence-corrected chi connectivity index (χ0v) is 16.8. The number of esters is 1. The summed E-state index contributed by atoms with van der Waals surface area (Å²) in [5.41, 5.74) is 4.33. The fraction of sp³-hybridized carbons (Fsp3) is 0.200. The Morgan fingerprint density at radius 1 is 1.19 bits per heavy atom. The lowest BCUT2D eigenvalue weighted by atomic mass is 10.0. The third kappa shape index (κ3) is 3.40. The molecule has 1 aliphatic rings. The number of methoxy groups -OCH3 is 1. The molecule has 2 aromatic rings. The Morgan fingerprint density at radius 3 is 2.56 bits per heavy atom. The van der Waals surface area contributed by atoms with E-state index in [1.54, 1.807) is 31.2 Å². The number of hydrogen-bond acceptors (Lipinski definition) is 3. The molecule has 140 valence electrons. The van der Waals surface area contributed by atoms with Gasteiger partial charge in [-0.05, 0) is 56.7 Å². The van der Waals surface area contributed by atoms with Crippen molar-refractivity contribution in [3.8, 4) is 5.69 Å². The monoisotopic (exact) mass is 404 g/mol. The van der Waals surface area contributed by atoms with Gasteiger partial charge in [-0.3, -0.25) is 4.79 Å². The van der Waals surface area contributed by atoms with E-state index in [4.69, 9.17) is 27.9 Å². The number of benzene rings is 1. The lowest BCUT2D eigenvalue weighted by molar-refractivity contribution is -0.136. The molecule has 0 radical (unpaired) electrons. The minimum atomic E-state index is -0.552. The van der Waals surface area contributed by atoms with E-state index in [1.807, 2.05) is 24.5 Å². The SMILES string of the molecule is COC(=O)C1=C(C)NC(=O)C1=Cc1cc(C)n(-c2cc(Cl)ccc2Cl)c1C. The number of hydrogen-bond donors (Lipinski definition) is 1. The highest BCUT2D eigenvalue weighted by atomic mass is 35.5. The lowest BCUT2D eigenvalue weighted by Gasteiger charge is -2.12. The lowest BCUT2D eigenvalue weighted by Crippen LogP contribution is -2.15. The fourth-order valence-corrected chi connectivity index (χ4v) is 3.60. The van der Waals surface area contributed by atoms with E-state index in [9.17, 15) is 9.59 Å². The van der Waals surface area contributed by atoms with Crippen LogP contribution in [0.2, 0.25) is 10.0 Å². The van der Waals surface area contributed by atoms with Crippen LogP contribution in [-0.2, 0) is 14.3 Å². The Morgan fingerprint density at radius 2 is 1.89 bits per heavy atom. The van der Waals surface area contributed by atoms with Crippen LogP contribution in [0.25, 0.3) is 11.8 Å². The van der Waals surface area contributed by atoms with Crippen LogP contribution in [-0.4, -0.2) is 23.6 Å². The molecule has 0 saturated carbocycles. The number of aromatic nitrogens is 1. The van der Waals surface area contributed by atoms with Gasteiger partial charge in [-0.1, -0.05) is 23.2 Å². The van der Waals surface area contributed by atoms with E-state index >= 15 is 0 Å². The molecule has 27 heavy (non-hydrogen) atoms. The molecule has 7 heteroatoms. The van der Waals surface area contributed by atoms with Crippen molar-refractivity contribution in [1.82, 2.24) is 9.88 Å². The van der Waals surface area contributed by atoms with Gasteiger partial charge in [0.15, 0.2) is 0 Å². The Labute approximate surface area is 167 Å². The highest BCUT2D eigenvalue weighted by Gasteiger charge is 2.31. The maximum atomic E-state index is 12.3. The highest BCUT2D eigenvalue weighted by molar-refractivity contribution is 6.34. The smallest absolute Gasteiger partial charge is 0.340 e. The molecular weight excluding hydrogens is 387 g/mol. The standard InChI is InChI=1S/C20H18Cl2N2O3/c1-10-7-13(8-15-18(20(26)27-4)11(2)23-19(15)25)12(3)24(10)17-9-14(21)5-6-16(17)22/h5-9H,1-4H3,(H,23,25). The van der Waals surface area contributed by atoms with Crippen LogP contribution in [0.1, 0.15) is 23.9 Å². The largest absolute Gasteiger partial charge is 0.465 e. The first-order chi connectivity index (χ1) is 12.7. The quantitative estimate of drug-likeness (QED) is 0.610. The Bertz CT molecular complexity index is 1030. The topological polar surface area (TPSA) is 60.3 Å². The van der Waals surface area contributed by atoms with E-state index < -0.39 is 5.97 Å². The van der Waals surface area contributed by atoms with Crippen LogP contribution in [0.5, 0.6) is 0 Å². The van der Waals surface area contributed by atoms with Crippen LogP contribution in [0.15, 0.2) is 41.1 Å². The molecule has 1 N–H and O–H groups in total. The maximum Gasteiger partial charge on any atom is 0.340 e. The van der Waals surface area contributed by atoms with Crippen molar-refractivity contribution in [1.29, 1.82) is 0 Å². The van der Waals surface area contributed by atoms with Gasteiger partial charge in [-0.25, -0.2) is 4.79 Å². The summed E-state index contributed by atoms with van der Waals surface area (Å²) in [5, 5.41) is 3.80. The van der Waals surface area contributed by atoms with Gasteiger partial charge in [0.2, 0.25) is 0 Å². The molecule has 0 saturated heterocycles. The van der Waals surface area contributed by atoms with Gasteiger partial charge >= 0.3 is 5.97 Å². The predicted molar refractivity (Wildman–Crippen MR) is 106 cm³/mol. The maximum absolute atomic E-state index is 12.3. The third-order valence-corrected chi connectivity index (χ3v) is 5.05. The molecule has 1 aliphatic heterocycles. The number of carbonyl (C=O) groups is 2. The van der Waals surface area contributed by atoms with Gasteiger partial charge < -0.3 is 14.6 Å². The number of ether oxygens (including phenoxy) is 1.